The van der Waals surface area contributed by atoms with Crippen molar-refractivity contribution < 1.29 is 0 Å². The topological polar surface area (TPSA) is 16.1 Å². The van der Waals surface area contributed by atoms with Gasteiger partial charge < -0.3 is 0 Å². The van der Waals surface area contributed by atoms with Gasteiger partial charge in [0.05, 0.1) is 18.1 Å². The number of hydrogen-bond donors (Lipinski definition) is 0. The van der Waals surface area contributed by atoms with Gasteiger partial charge in [0.15, 0.2) is 0 Å². The lowest BCUT2D eigenvalue weighted by molar-refractivity contribution is 0.189. The van der Waals surface area contributed by atoms with E-state index in [-0.39, 0.29) is 0 Å². The summed E-state index contributed by atoms with van der Waals surface area (Å²) in [6.07, 6.45) is 0. The second-order valence-electron chi connectivity index (χ2n) is 4.78. The molecular formula is C12H21ClN2S. The highest BCUT2D eigenvalue weighted by Gasteiger charge is 2.13. The van der Waals surface area contributed by atoms with Crippen LogP contribution in [0.1, 0.15) is 38.4 Å². The van der Waals surface area contributed by atoms with Crippen molar-refractivity contribution in [2.75, 3.05) is 6.54 Å². The Morgan fingerprint density at radius 2 is 2.06 bits per heavy atom. The van der Waals surface area contributed by atoms with Gasteiger partial charge in [0, 0.05) is 18.0 Å². The van der Waals surface area contributed by atoms with Gasteiger partial charge in [0.1, 0.15) is 5.01 Å². The van der Waals surface area contributed by atoms with Gasteiger partial charge in [-0.1, -0.05) is 13.8 Å². The largest absolute Gasteiger partial charge is 0.294 e. The Kier molecular flexibility index (Phi) is 5.73. The number of rotatable bonds is 6. The van der Waals surface area contributed by atoms with E-state index in [1.807, 2.05) is 0 Å². The molecule has 0 aromatic carbocycles. The van der Waals surface area contributed by atoms with E-state index in [0.717, 1.165) is 18.8 Å². The first-order chi connectivity index (χ1) is 7.52. The Labute approximate surface area is 108 Å². The predicted molar refractivity (Wildman–Crippen MR) is 72.1 cm³/mol. The van der Waals surface area contributed by atoms with Crippen molar-refractivity contribution in [3.63, 3.8) is 0 Å². The fourth-order valence-corrected chi connectivity index (χ4v) is 2.63. The van der Waals surface area contributed by atoms with Gasteiger partial charge in [0.2, 0.25) is 0 Å². The number of hydrogen-bond acceptors (Lipinski definition) is 3. The highest BCUT2D eigenvalue weighted by molar-refractivity contribution is 7.09. The summed E-state index contributed by atoms with van der Waals surface area (Å²) in [7, 11) is 0. The summed E-state index contributed by atoms with van der Waals surface area (Å²) < 4.78 is 0. The molecule has 92 valence electrons. The summed E-state index contributed by atoms with van der Waals surface area (Å²) >= 11 is 7.46. The second kappa shape index (κ2) is 6.58. The second-order valence-corrected chi connectivity index (χ2v) is 5.99. The Bertz CT molecular complexity index is 310. The number of nitrogens with zero attached hydrogens (tertiary/aromatic N) is 2. The Morgan fingerprint density at radius 3 is 2.50 bits per heavy atom. The Hall–Kier alpha value is -0.120. The third-order valence-electron chi connectivity index (χ3n) is 2.40. The molecule has 0 radical (unpaired) electrons. The minimum Gasteiger partial charge on any atom is -0.294 e. The number of aromatic nitrogens is 1. The molecule has 1 aromatic rings. The molecule has 0 aliphatic heterocycles. The van der Waals surface area contributed by atoms with Crippen molar-refractivity contribution in [2.45, 2.75) is 46.2 Å². The Morgan fingerprint density at radius 1 is 1.38 bits per heavy atom. The molecule has 1 rings (SSSR count). The van der Waals surface area contributed by atoms with Crippen LogP contribution in [-0.2, 0) is 12.4 Å². The smallest absolute Gasteiger partial charge is 0.107 e. The number of alkyl halides is 1. The molecule has 2 nitrogen and oxygen atoms in total. The molecule has 0 fully saturated rings. The van der Waals surface area contributed by atoms with Gasteiger partial charge >= 0.3 is 0 Å². The van der Waals surface area contributed by atoms with E-state index < -0.39 is 0 Å². The molecule has 4 heteroatoms. The van der Waals surface area contributed by atoms with Crippen LogP contribution in [0.3, 0.4) is 0 Å². The minimum absolute atomic E-state index is 0.516. The molecule has 0 aliphatic carbocycles. The van der Waals surface area contributed by atoms with E-state index in [1.54, 1.807) is 11.3 Å². The average Bonchev–Trinajstić information content (AvgIpc) is 2.63. The standard InChI is InChI=1S/C12H21ClN2S/c1-9(2)6-15(10(3)4)7-12-14-11(5-13)8-16-12/h8-10H,5-7H2,1-4H3. The maximum absolute atomic E-state index is 5.75. The van der Waals surface area contributed by atoms with E-state index >= 15 is 0 Å². The summed E-state index contributed by atoms with van der Waals surface area (Å²) in [5, 5.41) is 3.22. The zero-order valence-electron chi connectivity index (χ0n) is 10.5. The quantitative estimate of drug-likeness (QED) is 0.725. The maximum Gasteiger partial charge on any atom is 0.107 e. The van der Waals surface area contributed by atoms with E-state index in [4.69, 9.17) is 11.6 Å². The van der Waals surface area contributed by atoms with Crippen LogP contribution in [0.5, 0.6) is 0 Å². The molecule has 16 heavy (non-hydrogen) atoms. The van der Waals surface area contributed by atoms with E-state index in [9.17, 15) is 0 Å². The minimum atomic E-state index is 0.516. The molecule has 0 N–H and O–H groups in total. The highest BCUT2D eigenvalue weighted by Crippen LogP contribution is 2.16. The number of halogens is 1. The molecule has 1 heterocycles. The van der Waals surface area contributed by atoms with E-state index in [0.29, 0.717) is 17.8 Å². The first-order valence-electron chi connectivity index (χ1n) is 5.76. The summed E-state index contributed by atoms with van der Waals surface area (Å²) in [4.78, 5) is 6.96. The third kappa shape index (κ3) is 4.40. The fourth-order valence-electron chi connectivity index (χ4n) is 1.58. The summed E-state index contributed by atoms with van der Waals surface area (Å²) in [6, 6.07) is 0.561. The van der Waals surface area contributed by atoms with Crippen molar-refractivity contribution in [2.24, 2.45) is 5.92 Å². The van der Waals surface area contributed by atoms with Gasteiger partial charge in [-0.15, -0.1) is 22.9 Å². The summed E-state index contributed by atoms with van der Waals surface area (Å²) in [5.41, 5.74) is 0.995. The lowest BCUT2D eigenvalue weighted by Crippen LogP contribution is -2.33. The van der Waals surface area contributed by atoms with Crippen molar-refractivity contribution in [1.29, 1.82) is 0 Å². The van der Waals surface area contributed by atoms with Crippen LogP contribution in [0.15, 0.2) is 5.38 Å². The van der Waals surface area contributed by atoms with Crippen LogP contribution < -0.4 is 0 Å². The zero-order valence-corrected chi connectivity index (χ0v) is 12.1. The fraction of sp³-hybridized carbons (Fsp3) is 0.750. The normalized spacial score (nSPS) is 12.0. The van der Waals surface area contributed by atoms with Gasteiger partial charge in [-0.25, -0.2) is 4.98 Å². The van der Waals surface area contributed by atoms with Crippen LogP contribution in [0.4, 0.5) is 0 Å². The molecule has 0 amide bonds. The van der Waals surface area contributed by atoms with Crippen molar-refractivity contribution in [3.05, 3.63) is 16.1 Å². The van der Waals surface area contributed by atoms with E-state index in [2.05, 4.69) is 43.0 Å². The van der Waals surface area contributed by atoms with Gasteiger partial charge in [0.25, 0.3) is 0 Å². The molecule has 0 aliphatic rings. The molecular weight excluding hydrogens is 240 g/mol. The zero-order chi connectivity index (χ0) is 12.1. The van der Waals surface area contributed by atoms with Crippen LogP contribution >= 0.6 is 22.9 Å². The van der Waals surface area contributed by atoms with Crippen molar-refractivity contribution in [3.8, 4) is 0 Å². The highest BCUT2D eigenvalue weighted by atomic mass is 35.5. The summed E-state index contributed by atoms with van der Waals surface area (Å²) in [5.74, 6) is 1.21. The first-order valence-corrected chi connectivity index (χ1v) is 7.17. The van der Waals surface area contributed by atoms with Gasteiger partial charge in [-0.05, 0) is 19.8 Å². The van der Waals surface area contributed by atoms with Gasteiger partial charge in [-0.2, -0.15) is 0 Å². The predicted octanol–water partition coefficient (Wildman–Crippen LogP) is 3.75. The summed E-state index contributed by atoms with van der Waals surface area (Å²) in [6.45, 7) is 11.0. The molecule has 0 saturated carbocycles. The third-order valence-corrected chi connectivity index (χ3v) is 3.56. The molecule has 0 unspecified atom stereocenters. The Balaban J connectivity index is 2.60. The molecule has 0 atom stereocenters. The molecule has 1 aromatic heterocycles. The van der Waals surface area contributed by atoms with Gasteiger partial charge in [-0.3, -0.25) is 4.90 Å². The average molecular weight is 261 g/mol. The van der Waals surface area contributed by atoms with E-state index in [1.165, 1.54) is 5.01 Å². The molecule has 0 bridgehead atoms. The monoisotopic (exact) mass is 260 g/mol. The molecule has 0 spiro atoms. The first kappa shape index (κ1) is 13.9. The lowest BCUT2D eigenvalue weighted by Gasteiger charge is -2.27. The maximum atomic E-state index is 5.75. The lowest BCUT2D eigenvalue weighted by atomic mass is 10.2. The molecule has 0 saturated heterocycles. The van der Waals surface area contributed by atoms with Crippen molar-refractivity contribution in [1.82, 2.24) is 9.88 Å². The van der Waals surface area contributed by atoms with Crippen LogP contribution in [0, 0.1) is 5.92 Å². The number of thiazole rings is 1. The van der Waals surface area contributed by atoms with Crippen LogP contribution in [-0.4, -0.2) is 22.5 Å². The van der Waals surface area contributed by atoms with Crippen LogP contribution in [0.2, 0.25) is 0 Å². The van der Waals surface area contributed by atoms with Crippen LogP contribution in [0.25, 0.3) is 0 Å². The van der Waals surface area contributed by atoms with Crippen molar-refractivity contribution >= 4 is 22.9 Å². The SMILES string of the molecule is CC(C)CN(Cc1nc(CCl)cs1)C(C)C.